The molecule has 0 aromatic heterocycles. The van der Waals surface area contributed by atoms with E-state index in [1.54, 1.807) is 19.1 Å². The molecule has 1 aliphatic carbocycles. The second kappa shape index (κ2) is 8.13. The average Bonchev–Trinajstić information content (AvgIpc) is 3.02. The molecule has 3 aromatic carbocycles. The van der Waals surface area contributed by atoms with Gasteiger partial charge >= 0.3 is 5.97 Å². The summed E-state index contributed by atoms with van der Waals surface area (Å²) >= 11 is 3.28. The van der Waals surface area contributed by atoms with Crippen molar-refractivity contribution in [2.75, 3.05) is 6.61 Å². The van der Waals surface area contributed by atoms with Crippen LogP contribution < -0.4 is 0 Å². The first-order valence-electron chi connectivity index (χ1n) is 8.28. The van der Waals surface area contributed by atoms with Crippen LogP contribution in [-0.2, 0) is 11.2 Å². The van der Waals surface area contributed by atoms with Gasteiger partial charge in [-0.25, -0.2) is 4.79 Å². The number of ether oxygens (including phenoxy) is 1. The minimum Gasteiger partial charge on any atom is -0.462 e. The summed E-state index contributed by atoms with van der Waals surface area (Å²) in [6.07, 6.45) is 1.10. The number of fused-ring (bicyclic) bond motifs is 3. The zero-order chi connectivity index (χ0) is 17.6. The van der Waals surface area contributed by atoms with Crippen molar-refractivity contribution in [1.29, 1.82) is 0 Å². The van der Waals surface area contributed by atoms with E-state index in [1.807, 2.05) is 12.1 Å². The van der Waals surface area contributed by atoms with Gasteiger partial charge < -0.3 is 4.74 Å². The molecule has 0 aliphatic heterocycles. The number of halogens is 1. The van der Waals surface area contributed by atoms with Crippen molar-refractivity contribution in [1.82, 2.24) is 0 Å². The van der Waals surface area contributed by atoms with Crippen LogP contribution in [0.4, 0.5) is 0 Å². The van der Waals surface area contributed by atoms with Gasteiger partial charge in [-0.15, -0.1) is 0 Å². The summed E-state index contributed by atoms with van der Waals surface area (Å²) in [7, 11) is 0. The number of carbonyl (C=O) groups is 1. The Morgan fingerprint density at radius 2 is 1.40 bits per heavy atom. The molecule has 2 nitrogen and oxygen atoms in total. The molecule has 0 heterocycles. The highest BCUT2D eigenvalue weighted by molar-refractivity contribution is 9.10. The molecule has 0 amide bonds. The van der Waals surface area contributed by atoms with Crippen molar-refractivity contribution in [2.45, 2.75) is 13.3 Å². The first-order valence-corrected chi connectivity index (χ1v) is 9.07. The molecule has 0 N–H and O–H groups in total. The van der Waals surface area contributed by atoms with Crippen LogP contribution in [0.2, 0.25) is 0 Å². The molecule has 0 saturated heterocycles. The average molecular weight is 395 g/mol. The summed E-state index contributed by atoms with van der Waals surface area (Å²) in [4.78, 5) is 11.1. The summed E-state index contributed by atoms with van der Waals surface area (Å²) in [5, 5.41) is 0. The van der Waals surface area contributed by atoms with Crippen LogP contribution in [0.15, 0.2) is 77.3 Å². The molecule has 0 spiro atoms. The third kappa shape index (κ3) is 4.18. The Hall–Kier alpha value is -2.39. The lowest BCUT2D eigenvalue weighted by Gasteiger charge is -2.00. The van der Waals surface area contributed by atoms with E-state index < -0.39 is 0 Å². The van der Waals surface area contributed by atoms with E-state index in [4.69, 9.17) is 4.74 Å². The van der Waals surface area contributed by atoms with E-state index in [-0.39, 0.29) is 5.97 Å². The van der Waals surface area contributed by atoms with E-state index in [9.17, 15) is 4.79 Å². The van der Waals surface area contributed by atoms with Crippen LogP contribution in [0.3, 0.4) is 0 Å². The maximum atomic E-state index is 11.1. The second-order valence-corrected chi connectivity index (χ2v) is 6.63. The standard InChI is InChI=1S/C13H10.C9H9BrO2/c1-3-7-12-10(5-1)9-11-6-2-4-8-13(11)12;1-2-12-9(11)7-3-5-8(10)6-4-7/h1-8H,9H2;3-6H,2H2,1H3. The molecule has 0 unspecified atom stereocenters. The third-order valence-electron chi connectivity index (χ3n) is 4.06. The van der Waals surface area contributed by atoms with Crippen molar-refractivity contribution >= 4 is 21.9 Å². The summed E-state index contributed by atoms with van der Waals surface area (Å²) in [6, 6.07) is 24.4. The maximum Gasteiger partial charge on any atom is 0.338 e. The normalized spacial score (nSPS) is 11.0. The van der Waals surface area contributed by atoms with Crippen LogP contribution in [-0.4, -0.2) is 12.6 Å². The van der Waals surface area contributed by atoms with E-state index in [2.05, 4.69) is 64.5 Å². The molecule has 0 bridgehead atoms. The Morgan fingerprint density at radius 3 is 1.92 bits per heavy atom. The lowest BCUT2D eigenvalue weighted by atomic mass is 10.1. The first kappa shape index (κ1) is 17.4. The Morgan fingerprint density at radius 1 is 0.880 bits per heavy atom. The first-order chi connectivity index (χ1) is 12.2. The Kier molecular flexibility index (Phi) is 5.67. The number of hydrogen-bond acceptors (Lipinski definition) is 2. The van der Waals surface area contributed by atoms with Crippen molar-refractivity contribution in [3.63, 3.8) is 0 Å². The lowest BCUT2D eigenvalue weighted by molar-refractivity contribution is 0.0526. The highest BCUT2D eigenvalue weighted by atomic mass is 79.9. The lowest BCUT2D eigenvalue weighted by Crippen LogP contribution is -2.03. The monoisotopic (exact) mass is 394 g/mol. The zero-order valence-corrected chi connectivity index (χ0v) is 15.6. The predicted octanol–water partition coefficient (Wildman–Crippen LogP) is 5.88. The third-order valence-corrected chi connectivity index (χ3v) is 4.59. The summed E-state index contributed by atoms with van der Waals surface area (Å²) < 4.78 is 5.77. The molecule has 0 saturated carbocycles. The minimum absolute atomic E-state index is 0.273. The molecular formula is C22H19BrO2. The SMILES string of the molecule is CCOC(=O)c1ccc(Br)cc1.c1ccc2c(c1)Cc1ccccc1-2. The van der Waals surface area contributed by atoms with Crippen molar-refractivity contribution in [3.8, 4) is 11.1 Å². The van der Waals surface area contributed by atoms with Gasteiger partial charge in [-0.05, 0) is 59.9 Å². The van der Waals surface area contributed by atoms with Gasteiger partial charge in [-0.3, -0.25) is 0 Å². The maximum absolute atomic E-state index is 11.1. The van der Waals surface area contributed by atoms with E-state index in [0.29, 0.717) is 12.2 Å². The largest absolute Gasteiger partial charge is 0.462 e. The summed E-state index contributed by atoms with van der Waals surface area (Å²) in [5.41, 5.74) is 6.34. The fraction of sp³-hybridized carbons (Fsp3) is 0.136. The van der Waals surface area contributed by atoms with Crippen molar-refractivity contribution < 1.29 is 9.53 Å². The van der Waals surface area contributed by atoms with Gasteiger partial charge in [0, 0.05) is 4.47 Å². The van der Waals surface area contributed by atoms with Gasteiger partial charge in [-0.2, -0.15) is 0 Å². The predicted molar refractivity (Wildman–Crippen MR) is 105 cm³/mol. The molecule has 25 heavy (non-hydrogen) atoms. The van der Waals surface area contributed by atoms with Crippen LogP contribution in [0.1, 0.15) is 28.4 Å². The van der Waals surface area contributed by atoms with Crippen LogP contribution in [0.25, 0.3) is 11.1 Å². The fourth-order valence-electron chi connectivity index (χ4n) is 2.88. The highest BCUT2D eigenvalue weighted by Crippen LogP contribution is 2.35. The zero-order valence-electron chi connectivity index (χ0n) is 14.0. The van der Waals surface area contributed by atoms with Crippen molar-refractivity contribution in [2.24, 2.45) is 0 Å². The minimum atomic E-state index is -0.273. The number of rotatable bonds is 2. The van der Waals surface area contributed by atoms with Crippen LogP contribution in [0, 0.1) is 0 Å². The molecule has 0 radical (unpaired) electrons. The van der Waals surface area contributed by atoms with Crippen LogP contribution >= 0.6 is 15.9 Å². The molecule has 4 rings (SSSR count). The Labute approximate surface area is 156 Å². The van der Waals surface area contributed by atoms with Gasteiger partial charge in [0.1, 0.15) is 0 Å². The molecule has 1 aliphatic rings. The number of hydrogen-bond donors (Lipinski definition) is 0. The molecule has 3 heteroatoms. The fourth-order valence-corrected chi connectivity index (χ4v) is 3.14. The van der Waals surface area contributed by atoms with Gasteiger partial charge in [0.25, 0.3) is 0 Å². The van der Waals surface area contributed by atoms with E-state index >= 15 is 0 Å². The van der Waals surface area contributed by atoms with Gasteiger partial charge in [-0.1, -0.05) is 64.5 Å². The topological polar surface area (TPSA) is 26.3 Å². The Balaban J connectivity index is 0.000000147. The van der Waals surface area contributed by atoms with Crippen molar-refractivity contribution in [3.05, 3.63) is 94.0 Å². The summed E-state index contributed by atoms with van der Waals surface area (Å²) in [6.45, 7) is 2.20. The van der Waals surface area contributed by atoms with Crippen LogP contribution in [0.5, 0.6) is 0 Å². The highest BCUT2D eigenvalue weighted by Gasteiger charge is 2.15. The molecule has 3 aromatic rings. The van der Waals surface area contributed by atoms with Gasteiger partial charge in [0.05, 0.1) is 12.2 Å². The van der Waals surface area contributed by atoms with E-state index in [0.717, 1.165) is 10.9 Å². The molecule has 126 valence electrons. The van der Waals surface area contributed by atoms with Gasteiger partial charge in [0.2, 0.25) is 0 Å². The second-order valence-electron chi connectivity index (χ2n) is 5.72. The molecule has 0 atom stereocenters. The number of esters is 1. The molecule has 0 fully saturated rings. The smallest absolute Gasteiger partial charge is 0.338 e. The van der Waals surface area contributed by atoms with Gasteiger partial charge in [0.15, 0.2) is 0 Å². The Bertz CT molecular complexity index is 826. The summed E-state index contributed by atoms with van der Waals surface area (Å²) in [5.74, 6) is -0.273. The number of benzene rings is 3. The molecular weight excluding hydrogens is 376 g/mol. The number of carbonyl (C=O) groups excluding carboxylic acids is 1. The quantitative estimate of drug-likeness (QED) is 0.396. The van der Waals surface area contributed by atoms with E-state index in [1.165, 1.54) is 22.3 Å².